The van der Waals surface area contributed by atoms with Gasteiger partial charge in [-0.2, -0.15) is 5.26 Å². The molecule has 3 rings (SSSR count). The number of hydrogen-bond acceptors (Lipinski definition) is 4. The standard InChI is InChI=1S/C16H15N5/c1-2-5-12-10-16(19-11-18-12)21-14-7-4-3-6-13(14)20-15(21)8-9-17/h3-4,6-7,10-11H,2,5,8H2,1H3. The quantitative estimate of drug-likeness (QED) is 0.735. The lowest BCUT2D eigenvalue weighted by Gasteiger charge is -2.07. The second-order valence-corrected chi connectivity index (χ2v) is 4.80. The zero-order chi connectivity index (χ0) is 14.7. The highest BCUT2D eigenvalue weighted by Crippen LogP contribution is 2.20. The summed E-state index contributed by atoms with van der Waals surface area (Å²) < 4.78 is 1.94. The third kappa shape index (κ3) is 2.48. The van der Waals surface area contributed by atoms with Crippen LogP contribution in [0, 0.1) is 11.3 Å². The Morgan fingerprint density at radius 1 is 1.24 bits per heavy atom. The van der Waals surface area contributed by atoms with E-state index in [0.717, 1.165) is 35.4 Å². The number of nitriles is 1. The van der Waals surface area contributed by atoms with Gasteiger partial charge in [0.2, 0.25) is 0 Å². The molecule has 0 bridgehead atoms. The van der Waals surface area contributed by atoms with Crippen molar-refractivity contribution in [3.05, 3.63) is 48.2 Å². The predicted octanol–water partition coefficient (Wildman–Crippen LogP) is 2.83. The van der Waals surface area contributed by atoms with Crippen LogP contribution in [0.25, 0.3) is 16.9 Å². The van der Waals surface area contributed by atoms with Gasteiger partial charge in [-0.3, -0.25) is 4.57 Å². The summed E-state index contributed by atoms with van der Waals surface area (Å²) in [6, 6.07) is 12.0. The number of benzene rings is 1. The molecule has 0 aliphatic carbocycles. The van der Waals surface area contributed by atoms with Gasteiger partial charge >= 0.3 is 0 Å². The second kappa shape index (κ2) is 5.71. The van der Waals surface area contributed by atoms with Gasteiger partial charge in [0.15, 0.2) is 0 Å². The molecular formula is C16H15N5. The zero-order valence-corrected chi connectivity index (χ0v) is 11.8. The second-order valence-electron chi connectivity index (χ2n) is 4.80. The maximum atomic E-state index is 9.02. The van der Waals surface area contributed by atoms with E-state index in [-0.39, 0.29) is 6.42 Å². The minimum absolute atomic E-state index is 0.252. The van der Waals surface area contributed by atoms with E-state index < -0.39 is 0 Å². The number of aromatic nitrogens is 4. The molecule has 0 saturated heterocycles. The minimum atomic E-state index is 0.252. The first-order valence-electron chi connectivity index (χ1n) is 6.98. The zero-order valence-electron chi connectivity index (χ0n) is 11.8. The Balaban J connectivity index is 2.20. The Labute approximate surface area is 122 Å². The van der Waals surface area contributed by atoms with Gasteiger partial charge in [0.1, 0.15) is 18.0 Å². The van der Waals surface area contributed by atoms with Gasteiger partial charge in [0.25, 0.3) is 0 Å². The lowest BCUT2D eigenvalue weighted by atomic mass is 10.2. The Kier molecular flexibility index (Phi) is 3.61. The monoisotopic (exact) mass is 277 g/mol. The van der Waals surface area contributed by atoms with E-state index in [2.05, 4.69) is 27.9 Å². The van der Waals surface area contributed by atoms with Gasteiger partial charge in [0.05, 0.1) is 23.5 Å². The van der Waals surface area contributed by atoms with Crippen molar-refractivity contribution < 1.29 is 0 Å². The van der Waals surface area contributed by atoms with Crippen molar-refractivity contribution in [2.24, 2.45) is 0 Å². The van der Waals surface area contributed by atoms with Crippen molar-refractivity contribution in [3.63, 3.8) is 0 Å². The summed E-state index contributed by atoms with van der Waals surface area (Å²) in [5, 5.41) is 9.02. The number of aryl methyl sites for hydroxylation is 1. The molecule has 0 fully saturated rings. The number of para-hydroxylation sites is 2. The minimum Gasteiger partial charge on any atom is -0.279 e. The van der Waals surface area contributed by atoms with Crippen molar-refractivity contribution in [2.45, 2.75) is 26.2 Å². The smallest absolute Gasteiger partial charge is 0.142 e. The fourth-order valence-corrected chi connectivity index (χ4v) is 2.42. The molecule has 3 aromatic rings. The van der Waals surface area contributed by atoms with E-state index in [1.807, 2.05) is 34.9 Å². The lowest BCUT2D eigenvalue weighted by Crippen LogP contribution is -2.04. The van der Waals surface area contributed by atoms with Crippen molar-refractivity contribution in [3.8, 4) is 11.9 Å². The van der Waals surface area contributed by atoms with E-state index >= 15 is 0 Å². The van der Waals surface area contributed by atoms with Crippen LogP contribution in [0.5, 0.6) is 0 Å². The highest BCUT2D eigenvalue weighted by molar-refractivity contribution is 5.77. The fourth-order valence-electron chi connectivity index (χ4n) is 2.42. The molecule has 0 aliphatic rings. The SMILES string of the molecule is CCCc1cc(-n2c(CC#N)nc3ccccc32)ncn1. The van der Waals surface area contributed by atoms with Crippen LogP contribution in [0.1, 0.15) is 24.9 Å². The van der Waals surface area contributed by atoms with E-state index in [1.165, 1.54) is 0 Å². The van der Waals surface area contributed by atoms with E-state index in [0.29, 0.717) is 5.82 Å². The van der Waals surface area contributed by atoms with Gasteiger partial charge in [-0.15, -0.1) is 0 Å². The average molecular weight is 277 g/mol. The van der Waals surface area contributed by atoms with Crippen molar-refractivity contribution in [1.29, 1.82) is 5.26 Å². The molecule has 0 aliphatic heterocycles. The Morgan fingerprint density at radius 3 is 2.90 bits per heavy atom. The van der Waals surface area contributed by atoms with Crippen LogP contribution in [0.3, 0.4) is 0 Å². The lowest BCUT2D eigenvalue weighted by molar-refractivity contribution is 0.849. The fraction of sp³-hybridized carbons (Fsp3) is 0.250. The van der Waals surface area contributed by atoms with Gasteiger partial charge in [-0.25, -0.2) is 15.0 Å². The van der Waals surface area contributed by atoms with Gasteiger partial charge < -0.3 is 0 Å². The number of nitrogens with zero attached hydrogens (tertiary/aromatic N) is 5. The van der Waals surface area contributed by atoms with Crippen LogP contribution in [0.2, 0.25) is 0 Å². The summed E-state index contributed by atoms with van der Waals surface area (Å²) in [6.45, 7) is 2.12. The first-order chi connectivity index (χ1) is 10.3. The van der Waals surface area contributed by atoms with Crippen molar-refractivity contribution >= 4 is 11.0 Å². The highest BCUT2D eigenvalue weighted by Gasteiger charge is 2.13. The number of imidazole rings is 1. The molecule has 0 radical (unpaired) electrons. The molecule has 0 atom stereocenters. The summed E-state index contributed by atoms with van der Waals surface area (Å²) in [4.78, 5) is 13.2. The molecule has 21 heavy (non-hydrogen) atoms. The number of fused-ring (bicyclic) bond motifs is 1. The topological polar surface area (TPSA) is 67.4 Å². The molecule has 104 valence electrons. The average Bonchev–Trinajstić information content (AvgIpc) is 2.86. The highest BCUT2D eigenvalue weighted by atomic mass is 15.1. The van der Waals surface area contributed by atoms with Crippen LogP contribution < -0.4 is 0 Å². The third-order valence-electron chi connectivity index (χ3n) is 3.31. The van der Waals surface area contributed by atoms with Gasteiger partial charge in [-0.05, 0) is 18.6 Å². The molecule has 1 aromatic carbocycles. The van der Waals surface area contributed by atoms with Crippen LogP contribution in [-0.2, 0) is 12.8 Å². The largest absolute Gasteiger partial charge is 0.279 e. The maximum absolute atomic E-state index is 9.02. The Morgan fingerprint density at radius 2 is 2.10 bits per heavy atom. The maximum Gasteiger partial charge on any atom is 0.142 e. The van der Waals surface area contributed by atoms with Crippen LogP contribution in [0.15, 0.2) is 36.7 Å². The molecule has 0 saturated carbocycles. The summed E-state index contributed by atoms with van der Waals surface area (Å²) >= 11 is 0. The molecule has 2 heterocycles. The first kappa shape index (κ1) is 13.3. The molecular weight excluding hydrogens is 262 g/mol. The van der Waals surface area contributed by atoms with E-state index in [4.69, 9.17) is 5.26 Å². The molecule has 5 nitrogen and oxygen atoms in total. The normalized spacial score (nSPS) is 10.7. The molecule has 2 aromatic heterocycles. The Bertz CT molecular complexity index is 813. The van der Waals surface area contributed by atoms with Crippen molar-refractivity contribution in [1.82, 2.24) is 19.5 Å². The van der Waals surface area contributed by atoms with Crippen LogP contribution in [-0.4, -0.2) is 19.5 Å². The predicted molar refractivity (Wildman–Crippen MR) is 80.0 cm³/mol. The molecule has 0 amide bonds. The molecule has 0 unspecified atom stereocenters. The van der Waals surface area contributed by atoms with Crippen LogP contribution in [0.4, 0.5) is 0 Å². The summed E-state index contributed by atoms with van der Waals surface area (Å²) in [6.07, 6.45) is 3.77. The molecule has 0 spiro atoms. The van der Waals surface area contributed by atoms with Gasteiger partial charge in [0, 0.05) is 11.8 Å². The molecule has 5 heteroatoms. The van der Waals surface area contributed by atoms with E-state index in [9.17, 15) is 0 Å². The molecule has 0 N–H and O–H groups in total. The summed E-state index contributed by atoms with van der Waals surface area (Å²) in [5.74, 6) is 1.48. The first-order valence-corrected chi connectivity index (χ1v) is 6.98. The Hall–Kier alpha value is -2.74. The summed E-state index contributed by atoms with van der Waals surface area (Å²) in [7, 11) is 0. The number of rotatable bonds is 4. The third-order valence-corrected chi connectivity index (χ3v) is 3.31. The van der Waals surface area contributed by atoms with Crippen LogP contribution >= 0.6 is 0 Å². The van der Waals surface area contributed by atoms with E-state index in [1.54, 1.807) is 6.33 Å². The number of hydrogen-bond donors (Lipinski definition) is 0. The summed E-state index contributed by atoms with van der Waals surface area (Å²) in [5.41, 5.74) is 2.84. The van der Waals surface area contributed by atoms with Crippen molar-refractivity contribution in [2.75, 3.05) is 0 Å². The van der Waals surface area contributed by atoms with Gasteiger partial charge in [-0.1, -0.05) is 25.5 Å².